The van der Waals surface area contributed by atoms with Crippen molar-refractivity contribution in [3.8, 4) is 5.69 Å². The summed E-state index contributed by atoms with van der Waals surface area (Å²) in [6.07, 6.45) is 0. The van der Waals surface area contributed by atoms with E-state index in [0.29, 0.717) is 5.69 Å². The zero-order valence-corrected chi connectivity index (χ0v) is 12.4. The maximum atomic E-state index is 12.8. The van der Waals surface area contributed by atoms with Gasteiger partial charge in [-0.2, -0.15) is 0 Å². The highest BCUT2D eigenvalue weighted by molar-refractivity contribution is 6.05. The van der Waals surface area contributed by atoms with Crippen LogP contribution in [0.4, 0.5) is 0 Å². The summed E-state index contributed by atoms with van der Waals surface area (Å²) in [5, 5.41) is -0.0134. The van der Waals surface area contributed by atoms with Crippen LogP contribution >= 0.6 is 0 Å². The Labute approximate surface area is 129 Å². The maximum Gasteiger partial charge on any atom is 0.335 e. The molecule has 1 amide bonds. The highest BCUT2D eigenvalue weighted by Crippen LogP contribution is 2.20. The minimum Gasteiger partial charge on any atom is -0.444 e. The van der Waals surface area contributed by atoms with E-state index in [9.17, 15) is 14.4 Å². The predicted molar refractivity (Wildman–Crippen MR) is 81.6 cm³/mol. The van der Waals surface area contributed by atoms with Crippen molar-refractivity contribution >= 4 is 17.0 Å². The number of furan rings is 1. The molecule has 0 aliphatic carbocycles. The van der Waals surface area contributed by atoms with Crippen molar-refractivity contribution in [1.29, 1.82) is 0 Å². The molecule has 0 aliphatic rings. The number of nitrogens with zero attached hydrogens (tertiary/aromatic N) is 1. The molecule has 2 aromatic heterocycles. The van der Waals surface area contributed by atoms with Gasteiger partial charge in [0.1, 0.15) is 11.1 Å². The molecule has 23 heavy (non-hydrogen) atoms. The van der Waals surface area contributed by atoms with Crippen LogP contribution in [0.15, 0.2) is 44.3 Å². The molecule has 2 N–H and O–H groups in total. The van der Waals surface area contributed by atoms with Crippen molar-refractivity contribution in [3.05, 3.63) is 62.5 Å². The van der Waals surface area contributed by atoms with Crippen molar-refractivity contribution in [2.24, 2.45) is 0 Å². The molecule has 0 fully saturated rings. The Morgan fingerprint density at radius 1 is 1.26 bits per heavy atom. The molecule has 3 rings (SSSR count). The Kier molecular flexibility index (Phi) is 3.59. The Hall–Kier alpha value is -3.13. The number of carbonyl (C=O) groups excluding carboxylic acids is 1. The van der Waals surface area contributed by atoms with Gasteiger partial charge in [0.05, 0.1) is 18.4 Å². The summed E-state index contributed by atoms with van der Waals surface area (Å²) in [6, 6.07) is 8.39. The second-order valence-electron chi connectivity index (χ2n) is 4.78. The molecule has 3 aromatic rings. The first-order chi connectivity index (χ1) is 11.0. The van der Waals surface area contributed by atoms with Gasteiger partial charge in [0.15, 0.2) is 0 Å². The topological polar surface area (TPSA) is 106 Å². The van der Waals surface area contributed by atoms with Crippen LogP contribution in [0.3, 0.4) is 0 Å². The second-order valence-corrected chi connectivity index (χ2v) is 4.78. The standard InChI is InChI=1S/C15H13N3O5/c1-8-10(12(19)17-22-2)11-13(23-8)16-15(21)18(14(11)20)9-6-4-3-5-7-9/h3-7H,1-2H3,(H,16,21)(H,17,19). The number of carbonyl (C=O) groups is 1. The number of H-pyrrole nitrogens is 1. The lowest BCUT2D eigenvalue weighted by Crippen LogP contribution is -2.34. The highest BCUT2D eigenvalue weighted by atomic mass is 16.6. The average Bonchev–Trinajstić information content (AvgIpc) is 2.85. The van der Waals surface area contributed by atoms with Crippen molar-refractivity contribution in [3.63, 3.8) is 0 Å². The number of aryl methyl sites for hydroxylation is 1. The molecule has 0 spiro atoms. The largest absolute Gasteiger partial charge is 0.444 e. The summed E-state index contributed by atoms with van der Waals surface area (Å²) in [7, 11) is 1.28. The molecule has 0 saturated heterocycles. The van der Waals surface area contributed by atoms with Crippen molar-refractivity contribution < 1.29 is 14.0 Å². The minimum atomic E-state index is -0.652. The first kappa shape index (κ1) is 14.8. The van der Waals surface area contributed by atoms with Crippen LogP contribution in [0, 0.1) is 6.92 Å². The maximum absolute atomic E-state index is 12.8. The molecule has 2 heterocycles. The van der Waals surface area contributed by atoms with Gasteiger partial charge in [-0.1, -0.05) is 18.2 Å². The van der Waals surface area contributed by atoms with Crippen LogP contribution < -0.4 is 16.7 Å². The summed E-state index contributed by atoms with van der Waals surface area (Å²) in [6.45, 7) is 1.52. The third-order valence-corrected chi connectivity index (χ3v) is 3.36. The van der Waals surface area contributed by atoms with Crippen molar-refractivity contribution in [2.45, 2.75) is 6.92 Å². The number of nitrogens with one attached hydrogen (secondary N) is 2. The van der Waals surface area contributed by atoms with Crippen LogP contribution in [0.1, 0.15) is 16.1 Å². The van der Waals surface area contributed by atoms with Crippen LogP contribution in [-0.2, 0) is 4.84 Å². The van der Waals surface area contributed by atoms with Crippen LogP contribution in [0.5, 0.6) is 0 Å². The number of fused-ring (bicyclic) bond motifs is 1. The lowest BCUT2D eigenvalue weighted by molar-refractivity contribution is 0.0537. The molecular formula is C15H13N3O5. The van der Waals surface area contributed by atoms with E-state index in [4.69, 9.17) is 4.42 Å². The van der Waals surface area contributed by atoms with Gasteiger partial charge in [0.25, 0.3) is 11.5 Å². The Morgan fingerprint density at radius 3 is 2.61 bits per heavy atom. The lowest BCUT2D eigenvalue weighted by Gasteiger charge is -2.04. The Bertz CT molecular complexity index is 998. The van der Waals surface area contributed by atoms with E-state index in [1.807, 2.05) is 0 Å². The molecular weight excluding hydrogens is 302 g/mol. The first-order valence-electron chi connectivity index (χ1n) is 6.71. The van der Waals surface area contributed by atoms with E-state index in [1.165, 1.54) is 14.0 Å². The molecule has 8 nitrogen and oxygen atoms in total. The van der Waals surface area contributed by atoms with Gasteiger partial charge >= 0.3 is 5.69 Å². The van der Waals surface area contributed by atoms with Gasteiger partial charge in [-0.05, 0) is 19.1 Å². The monoisotopic (exact) mass is 315 g/mol. The second kappa shape index (κ2) is 5.58. The number of rotatable bonds is 3. The van der Waals surface area contributed by atoms with Crippen LogP contribution in [-0.4, -0.2) is 22.6 Å². The zero-order valence-electron chi connectivity index (χ0n) is 12.4. The molecule has 118 valence electrons. The van der Waals surface area contributed by atoms with Crippen LogP contribution in [0.2, 0.25) is 0 Å². The number of aromatic nitrogens is 2. The van der Waals surface area contributed by atoms with E-state index in [0.717, 1.165) is 4.57 Å². The van der Waals surface area contributed by atoms with Crippen molar-refractivity contribution in [1.82, 2.24) is 15.0 Å². The molecule has 0 aliphatic heterocycles. The predicted octanol–water partition coefficient (Wildman–Crippen LogP) is 0.872. The fourth-order valence-corrected chi connectivity index (χ4v) is 2.42. The number of hydroxylamine groups is 1. The summed E-state index contributed by atoms with van der Waals surface area (Å²) >= 11 is 0. The van der Waals surface area contributed by atoms with E-state index in [-0.39, 0.29) is 22.4 Å². The summed E-state index contributed by atoms with van der Waals surface area (Å²) in [4.78, 5) is 44.1. The molecule has 0 radical (unpaired) electrons. The normalized spacial score (nSPS) is 10.9. The Morgan fingerprint density at radius 2 is 1.96 bits per heavy atom. The summed E-state index contributed by atoms with van der Waals surface area (Å²) < 4.78 is 6.28. The van der Waals surface area contributed by atoms with Gasteiger partial charge in [0.2, 0.25) is 5.71 Å². The number of aromatic amines is 1. The molecule has 0 bridgehead atoms. The zero-order chi connectivity index (χ0) is 16.6. The summed E-state index contributed by atoms with van der Waals surface area (Å²) in [5.74, 6) is -0.430. The number of hydrogen-bond acceptors (Lipinski definition) is 5. The van der Waals surface area contributed by atoms with E-state index >= 15 is 0 Å². The number of para-hydroxylation sites is 1. The van der Waals surface area contributed by atoms with Gasteiger partial charge in [-0.3, -0.25) is 19.4 Å². The highest BCUT2D eigenvalue weighted by Gasteiger charge is 2.24. The fraction of sp³-hybridized carbons (Fsp3) is 0.133. The third kappa shape index (κ3) is 2.34. The third-order valence-electron chi connectivity index (χ3n) is 3.36. The smallest absolute Gasteiger partial charge is 0.335 e. The number of benzene rings is 1. The van der Waals surface area contributed by atoms with Gasteiger partial charge in [-0.25, -0.2) is 14.8 Å². The quantitative estimate of drug-likeness (QED) is 0.698. The molecule has 0 unspecified atom stereocenters. The minimum absolute atomic E-state index is 0.0134. The molecule has 1 aromatic carbocycles. The van der Waals surface area contributed by atoms with E-state index in [2.05, 4.69) is 15.3 Å². The van der Waals surface area contributed by atoms with E-state index in [1.54, 1.807) is 30.3 Å². The van der Waals surface area contributed by atoms with Crippen LogP contribution in [0.25, 0.3) is 16.8 Å². The fourth-order valence-electron chi connectivity index (χ4n) is 2.42. The number of hydrogen-bond donors (Lipinski definition) is 2. The van der Waals surface area contributed by atoms with Gasteiger partial charge < -0.3 is 4.42 Å². The first-order valence-corrected chi connectivity index (χ1v) is 6.71. The SMILES string of the molecule is CONC(=O)c1c(C)oc2[nH]c(=O)n(-c3ccccc3)c(=O)c12. The average molecular weight is 315 g/mol. The molecule has 0 atom stereocenters. The molecule has 0 saturated carbocycles. The molecule has 8 heteroatoms. The van der Waals surface area contributed by atoms with Crippen molar-refractivity contribution in [2.75, 3.05) is 7.11 Å². The Balaban J connectivity index is 2.38. The number of amides is 1. The lowest BCUT2D eigenvalue weighted by atomic mass is 10.2. The summed E-state index contributed by atoms with van der Waals surface area (Å²) in [5.41, 5.74) is 1.20. The van der Waals surface area contributed by atoms with Gasteiger partial charge in [0, 0.05) is 0 Å². The van der Waals surface area contributed by atoms with E-state index < -0.39 is 17.2 Å². The van der Waals surface area contributed by atoms with Gasteiger partial charge in [-0.15, -0.1) is 0 Å².